The van der Waals surface area contributed by atoms with E-state index in [1.54, 1.807) is 0 Å². The van der Waals surface area contributed by atoms with E-state index in [0.717, 1.165) is 13.0 Å². The molecule has 1 amide bonds. The SMILES string of the molecule is C[NH+](C)CCCNC(=O)O. The van der Waals surface area contributed by atoms with Gasteiger partial charge in [0.2, 0.25) is 0 Å². The Balaban J connectivity index is 2.98. The standard InChI is InChI=1S/C6H14N2O2/c1-8(2)5-3-4-7-6(9)10/h7H,3-5H2,1-2H3,(H,9,10)/p+1. The van der Waals surface area contributed by atoms with Gasteiger partial charge in [-0.15, -0.1) is 0 Å². The van der Waals surface area contributed by atoms with E-state index in [4.69, 9.17) is 5.11 Å². The maximum atomic E-state index is 9.93. The van der Waals surface area contributed by atoms with Gasteiger partial charge in [0.1, 0.15) is 0 Å². The maximum absolute atomic E-state index is 9.93. The van der Waals surface area contributed by atoms with Crippen molar-refractivity contribution in [3.05, 3.63) is 0 Å². The lowest BCUT2D eigenvalue weighted by molar-refractivity contribution is -0.858. The van der Waals surface area contributed by atoms with E-state index in [-0.39, 0.29) is 0 Å². The van der Waals surface area contributed by atoms with Crippen LogP contribution in [0.25, 0.3) is 0 Å². The lowest BCUT2D eigenvalue weighted by atomic mass is 10.4. The third-order valence-corrected chi connectivity index (χ3v) is 1.13. The highest BCUT2D eigenvalue weighted by Gasteiger charge is 1.95. The summed E-state index contributed by atoms with van der Waals surface area (Å²) in [5, 5.41) is 10.5. The van der Waals surface area contributed by atoms with Crippen molar-refractivity contribution < 1.29 is 14.8 Å². The van der Waals surface area contributed by atoms with E-state index in [9.17, 15) is 4.79 Å². The fraction of sp³-hybridized carbons (Fsp3) is 0.833. The fourth-order valence-electron chi connectivity index (χ4n) is 0.637. The van der Waals surface area contributed by atoms with Crippen molar-refractivity contribution in [2.75, 3.05) is 27.2 Å². The topological polar surface area (TPSA) is 53.8 Å². The van der Waals surface area contributed by atoms with Gasteiger partial charge >= 0.3 is 6.09 Å². The Morgan fingerprint density at radius 3 is 2.60 bits per heavy atom. The van der Waals surface area contributed by atoms with Crippen LogP contribution in [0.5, 0.6) is 0 Å². The highest BCUT2D eigenvalue weighted by molar-refractivity contribution is 5.64. The minimum absolute atomic E-state index is 0.556. The summed E-state index contributed by atoms with van der Waals surface area (Å²) >= 11 is 0. The van der Waals surface area contributed by atoms with E-state index in [2.05, 4.69) is 5.32 Å². The van der Waals surface area contributed by atoms with E-state index in [1.165, 1.54) is 4.90 Å². The van der Waals surface area contributed by atoms with Gasteiger partial charge in [-0.2, -0.15) is 0 Å². The zero-order valence-electron chi connectivity index (χ0n) is 6.48. The summed E-state index contributed by atoms with van der Waals surface area (Å²) in [7, 11) is 4.08. The molecular weight excluding hydrogens is 132 g/mol. The van der Waals surface area contributed by atoms with Gasteiger partial charge in [0, 0.05) is 13.0 Å². The second-order valence-corrected chi connectivity index (χ2v) is 2.54. The molecule has 0 rings (SSSR count). The monoisotopic (exact) mass is 147 g/mol. The molecule has 0 aromatic heterocycles. The zero-order valence-corrected chi connectivity index (χ0v) is 6.48. The predicted octanol–water partition coefficient (Wildman–Crippen LogP) is -1.21. The van der Waals surface area contributed by atoms with Crippen LogP contribution in [0.4, 0.5) is 4.79 Å². The van der Waals surface area contributed by atoms with Crippen LogP contribution in [0.2, 0.25) is 0 Å². The highest BCUT2D eigenvalue weighted by Crippen LogP contribution is 1.68. The molecule has 0 fully saturated rings. The van der Waals surface area contributed by atoms with Gasteiger partial charge in [-0.05, 0) is 0 Å². The van der Waals surface area contributed by atoms with E-state index < -0.39 is 6.09 Å². The van der Waals surface area contributed by atoms with Crippen LogP contribution in [0.3, 0.4) is 0 Å². The molecule has 0 unspecified atom stereocenters. The maximum Gasteiger partial charge on any atom is 0.404 e. The van der Waals surface area contributed by atoms with E-state index in [1.807, 2.05) is 14.1 Å². The lowest BCUT2D eigenvalue weighted by Crippen LogP contribution is -3.05. The van der Waals surface area contributed by atoms with Crippen LogP contribution in [-0.2, 0) is 0 Å². The summed E-state index contributed by atoms with van der Waals surface area (Å²) in [6.07, 6.45) is -0.0389. The zero-order chi connectivity index (χ0) is 7.98. The largest absolute Gasteiger partial charge is 0.465 e. The van der Waals surface area contributed by atoms with Gasteiger partial charge in [0.05, 0.1) is 20.6 Å². The van der Waals surface area contributed by atoms with Crippen LogP contribution >= 0.6 is 0 Å². The summed E-state index contributed by atoms with van der Waals surface area (Å²) in [4.78, 5) is 11.3. The van der Waals surface area contributed by atoms with E-state index >= 15 is 0 Å². The minimum atomic E-state index is -0.936. The molecule has 0 spiro atoms. The van der Waals surface area contributed by atoms with Crippen molar-refractivity contribution in [1.82, 2.24) is 5.32 Å². The molecule has 0 aromatic carbocycles. The highest BCUT2D eigenvalue weighted by atomic mass is 16.4. The summed E-state index contributed by atoms with van der Waals surface area (Å²) < 4.78 is 0. The molecule has 0 saturated carbocycles. The number of carboxylic acid groups (broad SMARTS) is 1. The first-order chi connectivity index (χ1) is 4.63. The number of carbonyl (C=O) groups is 1. The second-order valence-electron chi connectivity index (χ2n) is 2.54. The van der Waals surface area contributed by atoms with Crippen molar-refractivity contribution in [2.24, 2.45) is 0 Å². The van der Waals surface area contributed by atoms with Crippen LogP contribution < -0.4 is 10.2 Å². The smallest absolute Gasteiger partial charge is 0.404 e. The van der Waals surface area contributed by atoms with Crippen LogP contribution in [0.1, 0.15) is 6.42 Å². The molecule has 3 N–H and O–H groups in total. The first-order valence-electron chi connectivity index (χ1n) is 3.38. The first kappa shape index (κ1) is 9.23. The summed E-state index contributed by atoms with van der Waals surface area (Å²) in [5.41, 5.74) is 0. The molecule has 0 aliphatic rings. The number of amides is 1. The van der Waals surface area contributed by atoms with Gasteiger partial charge in [-0.25, -0.2) is 4.79 Å². The number of rotatable bonds is 4. The molecule has 0 heterocycles. The average molecular weight is 147 g/mol. The molecule has 0 bridgehead atoms. The Hall–Kier alpha value is -0.770. The molecule has 0 aliphatic heterocycles. The van der Waals surface area contributed by atoms with Gasteiger partial charge in [-0.1, -0.05) is 0 Å². The van der Waals surface area contributed by atoms with Gasteiger partial charge in [-0.3, -0.25) is 0 Å². The van der Waals surface area contributed by atoms with Crippen molar-refractivity contribution >= 4 is 6.09 Å². The van der Waals surface area contributed by atoms with Crippen molar-refractivity contribution in [3.63, 3.8) is 0 Å². The fourth-order valence-corrected chi connectivity index (χ4v) is 0.637. The second kappa shape index (κ2) is 5.05. The average Bonchev–Trinajstić information content (AvgIpc) is 1.79. The molecule has 4 nitrogen and oxygen atoms in total. The summed E-state index contributed by atoms with van der Waals surface area (Å²) in [5.74, 6) is 0. The Morgan fingerprint density at radius 2 is 2.20 bits per heavy atom. The Labute approximate surface area is 60.8 Å². The molecule has 10 heavy (non-hydrogen) atoms. The number of nitrogens with one attached hydrogen (secondary N) is 2. The van der Waals surface area contributed by atoms with Crippen LogP contribution in [0, 0.1) is 0 Å². The van der Waals surface area contributed by atoms with Crippen molar-refractivity contribution in [1.29, 1.82) is 0 Å². The van der Waals surface area contributed by atoms with Crippen LogP contribution in [-0.4, -0.2) is 38.4 Å². The quantitative estimate of drug-likeness (QED) is 0.437. The predicted molar refractivity (Wildman–Crippen MR) is 38.3 cm³/mol. The van der Waals surface area contributed by atoms with Crippen molar-refractivity contribution in [2.45, 2.75) is 6.42 Å². The Bertz CT molecular complexity index is 104. The summed E-state index contributed by atoms with van der Waals surface area (Å²) in [6, 6.07) is 0. The third kappa shape index (κ3) is 7.23. The molecule has 0 radical (unpaired) electrons. The molecular formula is C6H15N2O2+. The third-order valence-electron chi connectivity index (χ3n) is 1.13. The molecule has 0 aliphatic carbocycles. The number of hydrogen-bond acceptors (Lipinski definition) is 1. The number of quaternary nitrogens is 1. The Morgan fingerprint density at radius 1 is 1.60 bits per heavy atom. The normalized spacial score (nSPS) is 9.90. The van der Waals surface area contributed by atoms with Crippen LogP contribution in [0.15, 0.2) is 0 Å². The number of hydrogen-bond donors (Lipinski definition) is 3. The van der Waals surface area contributed by atoms with E-state index in [0.29, 0.717) is 6.54 Å². The minimum Gasteiger partial charge on any atom is -0.465 e. The molecule has 0 saturated heterocycles. The first-order valence-corrected chi connectivity index (χ1v) is 3.38. The van der Waals surface area contributed by atoms with Gasteiger partial charge < -0.3 is 15.3 Å². The van der Waals surface area contributed by atoms with Gasteiger partial charge in [0.25, 0.3) is 0 Å². The summed E-state index contributed by atoms with van der Waals surface area (Å²) in [6.45, 7) is 1.56. The molecule has 0 aromatic rings. The lowest BCUT2D eigenvalue weighted by Gasteiger charge is -2.05. The Kier molecular flexibility index (Phi) is 4.66. The van der Waals surface area contributed by atoms with Gasteiger partial charge in [0.15, 0.2) is 0 Å². The van der Waals surface area contributed by atoms with Crippen molar-refractivity contribution in [3.8, 4) is 0 Å². The molecule has 0 atom stereocenters. The molecule has 60 valence electrons. The molecule has 4 heteroatoms.